The van der Waals surface area contributed by atoms with Crippen molar-refractivity contribution in [3.63, 3.8) is 0 Å². The number of carbonyl (C=O) groups is 2. The van der Waals surface area contributed by atoms with Crippen LogP contribution >= 0.6 is 0 Å². The molecular weight excluding hydrogens is 342 g/mol. The molecule has 136 valence electrons. The molecule has 7 nitrogen and oxygen atoms in total. The van der Waals surface area contributed by atoms with Crippen molar-refractivity contribution in [3.05, 3.63) is 71.6 Å². The summed E-state index contributed by atoms with van der Waals surface area (Å²) in [7, 11) is 3.74. The Kier molecular flexibility index (Phi) is 3.92. The number of hydrogen-bond donors (Lipinski definition) is 2. The maximum absolute atomic E-state index is 12.7. The van der Waals surface area contributed by atoms with E-state index in [-0.39, 0.29) is 24.1 Å². The molecule has 0 aromatic heterocycles. The number of anilines is 2. The van der Waals surface area contributed by atoms with Gasteiger partial charge in [-0.3, -0.25) is 25.4 Å². The van der Waals surface area contributed by atoms with E-state index >= 15 is 0 Å². The van der Waals surface area contributed by atoms with Crippen LogP contribution in [-0.4, -0.2) is 43.2 Å². The lowest BCUT2D eigenvalue weighted by Crippen LogP contribution is -2.43. The number of Topliss-reactive ketones (excluding diaryl/α,β-unsaturated/α-hetero) is 1. The highest BCUT2D eigenvalue weighted by Crippen LogP contribution is 2.41. The minimum absolute atomic E-state index is 0.00853. The van der Waals surface area contributed by atoms with Gasteiger partial charge in [0.2, 0.25) is 0 Å². The number of hydrazine groups is 1. The first-order valence-corrected chi connectivity index (χ1v) is 8.55. The first-order valence-electron chi connectivity index (χ1n) is 8.55. The quantitative estimate of drug-likeness (QED) is 0.800. The summed E-state index contributed by atoms with van der Waals surface area (Å²) in [5.74, 6) is 0.0825. The van der Waals surface area contributed by atoms with E-state index in [0.717, 1.165) is 11.4 Å². The summed E-state index contributed by atoms with van der Waals surface area (Å²) < 4.78 is 0. The molecule has 1 saturated heterocycles. The lowest BCUT2D eigenvalue weighted by atomic mass is 10.2. The predicted octanol–water partition coefficient (Wildman–Crippen LogP) is 1.99. The van der Waals surface area contributed by atoms with Crippen LogP contribution in [0.15, 0.2) is 66.0 Å². The third-order valence-corrected chi connectivity index (χ3v) is 4.82. The Labute approximate surface area is 157 Å². The first kappa shape index (κ1) is 16.8. The zero-order valence-electron chi connectivity index (χ0n) is 15.1. The average Bonchev–Trinajstić information content (AvgIpc) is 3.09. The fraction of sp³-hybridized carbons (Fsp3) is 0.150. The van der Waals surface area contributed by atoms with E-state index in [1.165, 1.54) is 5.01 Å². The fourth-order valence-electron chi connectivity index (χ4n) is 3.49. The predicted molar refractivity (Wildman–Crippen MR) is 104 cm³/mol. The summed E-state index contributed by atoms with van der Waals surface area (Å²) in [6.45, 7) is -0.0612. The molecular formula is C20H19N5O2. The lowest BCUT2D eigenvalue weighted by Gasteiger charge is -2.22. The van der Waals surface area contributed by atoms with Crippen molar-refractivity contribution in [3.8, 4) is 0 Å². The van der Waals surface area contributed by atoms with E-state index in [2.05, 4.69) is 5.43 Å². The second-order valence-corrected chi connectivity index (χ2v) is 6.47. The number of carbonyl (C=O) groups excluding carboxylic acids is 2. The number of amides is 1. The van der Waals surface area contributed by atoms with Crippen LogP contribution < -0.4 is 15.2 Å². The lowest BCUT2D eigenvalue weighted by molar-refractivity contribution is -0.114. The molecule has 0 aliphatic carbocycles. The molecule has 0 unspecified atom stereocenters. The molecule has 0 spiro atoms. The Bertz CT molecular complexity index is 952. The Morgan fingerprint density at radius 1 is 0.963 bits per heavy atom. The second kappa shape index (κ2) is 6.28. The number of nitrogens with zero attached hydrogens (tertiary/aromatic N) is 3. The topological polar surface area (TPSA) is 79.7 Å². The van der Waals surface area contributed by atoms with Crippen LogP contribution in [0.4, 0.5) is 11.4 Å². The van der Waals surface area contributed by atoms with Crippen LogP contribution in [0.5, 0.6) is 0 Å². The van der Waals surface area contributed by atoms with Gasteiger partial charge in [-0.1, -0.05) is 30.3 Å². The van der Waals surface area contributed by atoms with Gasteiger partial charge in [0, 0.05) is 19.7 Å². The molecule has 0 saturated carbocycles. The van der Waals surface area contributed by atoms with Crippen LogP contribution in [0, 0.1) is 5.41 Å². The van der Waals surface area contributed by atoms with Gasteiger partial charge in [0.1, 0.15) is 17.9 Å². The van der Waals surface area contributed by atoms with Gasteiger partial charge >= 0.3 is 0 Å². The third-order valence-electron chi connectivity index (χ3n) is 4.82. The largest absolute Gasteiger partial charge is 0.328 e. The number of rotatable bonds is 2. The summed E-state index contributed by atoms with van der Waals surface area (Å²) in [6.07, 6.45) is 0. The zero-order chi connectivity index (χ0) is 19.1. The molecule has 0 atom stereocenters. The summed E-state index contributed by atoms with van der Waals surface area (Å²) in [5, 5.41) is 9.78. The maximum atomic E-state index is 12.7. The summed E-state index contributed by atoms with van der Waals surface area (Å²) in [6, 6.07) is 16.5. The number of benzene rings is 2. The summed E-state index contributed by atoms with van der Waals surface area (Å²) in [5.41, 5.74) is 5.36. The Morgan fingerprint density at radius 3 is 2.11 bits per heavy atom. The van der Waals surface area contributed by atoms with Gasteiger partial charge in [-0.2, -0.15) is 0 Å². The zero-order valence-corrected chi connectivity index (χ0v) is 15.1. The average molecular weight is 361 g/mol. The molecule has 1 fully saturated rings. The fourth-order valence-corrected chi connectivity index (χ4v) is 3.49. The van der Waals surface area contributed by atoms with E-state index in [9.17, 15) is 9.59 Å². The van der Waals surface area contributed by atoms with E-state index in [1.807, 2.05) is 54.2 Å². The molecule has 0 radical (unpaired) electrons. The summed E-state index contributed by atoms with van der Waals surface area (Å²) >= 11 is 0. The molecule has 2 aliphatic rings. The highest BCUT2D eigenvalue weighted by molar-refractivity contribution is 6.27. The smallest absolute Gasteiger partial charge is 0.269 e. The van der Waals surface area contributed by atoms with Gasteiger partial charge in [-0.05, 0) is 24.3 Å². The van der Waals surface area contributed by atoms with E-state index in [0.29, 0.717) is 17.0 Å². The minimum atomic E-state index is -0.351. The highest BCUT2D eigenvalue weighted by Gasteiger charge is 2.39. The van der Waals surface area contributed by atoms with Crippen molar-refractivity contribution in [1.82, 2.24) is 10.4 Å². The number of fused-ring (bicyclic) bond motifs is 1. The van der Waals surface area contributed by atoms with Crippen molar-refractivity contribution in [2.45, 2.75) is 0 Å². The van der Waals surface area contributed by atoms with Crippen molar-refractivity contribution in [2.75, 3.05) is 30.4 Å². The van der Waals surface area contributed by atoms with E-state index < -0.39 is 0 Å². The second-order valence-electron chi connectivity index (χ2n) is 6.47. The van der Waals surface area contributed by atoms with Crippen LogP contribution in [0.2, 0.25) is 0 Å². The van der Waals surface area contributed by atoms with E-state index in [1.54, 1.807) is 24.3 Å². The van der Waals surface area contributed by atoms with Gasteiger partial charge in [-0.15, -0.1) is 0 Å². The molecule has 0 bridgehead atoms. The van der Waals surface area contributed by atoms with Gasteiger partial charge in [0.25, 0.3) is 5.91 Å². The number of amidine groups is 1. The molecule has 2 N–H and O–H groups in total. The number of ketones is 1. The minimum Gasteiger partial charge on any atom is -0.328 e. The van der Waals surface area contributed by atoms with Crippen LogP contribution in [0.1, 0.15) is 10.4 Å². The summed E-state index contributed by atoms with van der Waals surface area (Å²) in [4.78, 5) is 28.9. The van der Waals surface area contributed by atoms with Gasteiger partial charge in [0.15, 0.2) is 11.6 Å². The first-order chi connectivity index (χ1) is 13.0. The molecule has 1 amide bonds. The van der Waals surface area contributed by atoms with Crippen LogP contribution in [0.3, 0.4) is 0 Å². The standard InChI is InChI=1S/C20H19N5O2/c1-23-14-10-6-7-11-15(14)24(2)20(23)17-16(26)12-25(18(17)21)22-19(27)13-8-4-3-5-9-13/h3-11,21H,12H2,1-2H3,(H,22,27). The van der Waals surface area contributed by atoms with Gasteiger partial charge in [-0.25, -0.2) is 0 Å². The molecule has 7 heteroatoms. The molecule has 2 aliphatic heterocycles. The Hall–Kier alpha value is -3.61. The molecule has 2 aromatic rings. The van der Waals surface area contributed by atoms with Crippen molar-refractivity contribution in [1.29, 1.82) is 5.41 Å². The van der Waals surface area contributed by atoms with Crippen molar-refractivity contribution < 1.29 is 9.59 Å². The maximum Gasteiger partial charge on any atom is 0.269 e. The number of hydrogen-bond acceptors (Lipinski definition) is 5. The monoisotopic (exact) mass is 361 g/mol. The van der Waals surface area contributed by atoms with Crippen molar-refractivity contribution in [2.24, 2.45) is 0 Å². The van der Waals surface area contributed by atoms with Crippen LogP contribution in [0.25, 0.3) is 0 Å². The third kappa shape index (κ3) is 2.64. The molecule has 27 heavy (non-hydrogen) atoms. The molecule has 2 heterocycles. The highest BCUT2D eigenvalue weighted by atomic mass is 16.2. The van der Waals surface area contributed by atoms with E-state index in [4.69, 9.17) is 5.41 Å². The molecule has 4 rings (SSSR count). The van der Waals surface area contributed by atoms with Crippen molar-refractivity contribution >= 4 is 28.9 Å². The van der Waals surface area contributed by atoms with Crippen LogP contribution in [-0.2, 0) is 4.79 Å². The van der Waals surface area contributed by atoms with Gasteiger partial charge in [0.05, 0.1) is 11.4 Å². The Balaban J connectivity index is 1.64. The number of para-hydroxylation sites is 2. The normalized spacial score (nSPS) is 16.3. The Morgan fingerprint density at radius 2 is 1.52 bits per heavy atom. The number of nitrogens with one attached hydrogen (secondary N) is 2. The van der Waals surface area contributed by atoms with Gasteiger partial charge < -0.3 is 9.80 Å². The SMILES string of the molecule is CN1C(=C2C(=N)N(NC(=O)c3ccccc3)CC2=O)N(C)c2ccccc21. The molecule has 2 aromatic carbocycles.